The van der Waals surface area contributed by atoms with E-state index in [1.165, 1.54) is 0 Å². The van der Waals surface area contributed by atoms with Crippen molar-refractivity contribution in [1.29, 1.82) is 0 Å². The summed E-state index contributed by atoms with van der Waals surface area (Å²) in [6, 6.07) is 7.17. The second-order valence-electron chi connectivity index (χ2n) is 8.94. The summed E-state index contributed by atoms with van der Waals surface area (Å²) in [6.07, 6.45) is 1.69. The summed E-state index contributed by atoms with van der Waals surface area (Å²) >= 11 is 0. The van der Waals surface area contributed by atoms with Crippen molar-refractivity contribution in [3.8, 4) is 11.5 Å². The van der Waals surface area contributed by atoms with Gasteiger partial charge in [-0.2, -0.15) is 0 Å². The minimum absolute atomic E-state index is 0.342. The largest absolute Gasteiger partial charge is 0.497 e. The van der Waals surface area contributed by atoms with E-state index in [2.05, 4.69) is 12.2 Å². The van der Waals surface area contributed by atoms with E-state index in [0.29, 0.717) is 36.7 Å². The first kappa shape index (κ1) is 27.4. The van der Waals surface area contributed by atoms with Crippen LogP contribution in [0, 0.1) is 5.92 Å². The fourth-order valence-electron chi connectivity index (χ4n) is 4.20. The minimum Gasteiger partial charge on any atom is -0.497 e. The maximum atomic E-state index is 12.5. The first-order valence-electron chi connectivity index (χ1n) is 11.5. The predicted octanol–water partition coefficient (Wildman–Crippen LogP) is 2.92. The number of carboxylic acids is 2. The lowest BCUT2D eigenvalue weighted by molar-refractivity contribution is -0.175. The van der Waals surface area contributed by atoms with Crippen molar-refractivity contribution in [3.05, 3.63) is 24.3 Å². The summed E-state index contributed by atoms with van der Waals surface area (Å²) in [4.78, 5) is 34.8. The molecule has 1 fully saturated rings. The molecular formula is C24H35NO9. The van der Waals surface area contributed by atoms with E-state index >= 15 is 0 Å². The molecule has 0 saturated heterocycles. The molecule has 34 heavy (non-hydrogen) atoms. The van der Waals surface area contributed by atoms with Crippen LogP contribution >= 0.6 is 0 Å². The van der Waals surface area contributed by atoms with Crippen molar-refractivity contribution in [2.24, 2.45) is 5.92 Å². The molecule has 1 aromatic rings. The Hall–Kier alpha value is -2.85. The van der Waals surface area contributed by atoms with E-state index < -0.39 is 48.3 Å². The fourth-order valence-corrected chi connectivity index (χ4v) is 4.20. The molecule has 1 saturated carbocycles. The highest BCUT2D eigenvalue weighted by Crippen LogP contribution is 2.34. The summed E-state index contributed by atoms with van der Waals surface area (Å²) in [5.41, 5.74) is -3.59. The molecule has 4 atom stereocenters. The number of rotatable bonds is 12. The Kier molecular flexibility index (Phi) is 9.69. The Labute approximate surface area is 199 Å². The van der Waals surface area contributed by atoms with Crippen molar-refractivity contribution in [1.82, 2.24) is 5.32 Å². The number of carboxylic acid groups (broad SMARTS) is 2. The van der Waals surface area contributed by atoms with Crippen LogP contribution in [0.15, 0.2) is 24.3 Å². The normalized spacial score (nSPS) is 23.1. The maximum Gasteiger partial charge on any atom is 0.336 e. The number of esters is 1. The molecule has 0 spiro atoms. The number of hydrogen-bond acceptors (Lipinski definition) is 8. The Morgan fingerprint density at radius 3 is 2.35 bits per heavy atom. The third kappa shape index (κ3) is 7.88. The molecule has 0 aliphatic heterocycles. The molecule has 0 amide bonds. The van der Waals surface area contributed by atoms with E-state index in [-0.39, 0.29) is 0 Å². The first-order valence-corrected chi connectivity index (χ1v) is 11.5. The number of methoxy groups -OCH3 is 1. The molecule has 1 aliphatic carbocycles. The van der Waals surface area contributed by atoms with Gasteiger partial charge in [-0.05, 0) is 43.0 Å². The SMILES string of the molecule is CCC(NC1(Oc2ccc(OC)cc2)CCCCC(C)C1)OC(=O)CC(O)(CC(=O)O)C(=O)O. The fraction of sp³-hybridized carbons (Fsp3) is 0.625. The molecule has 10 nitrogen and oxygen atoms in total. The number of hydrogen-bond donors (Lipinski definition) is 4. The van der Waals surface area contributed by atoms with Gasteiger partial charge in [-0.15, -0.1) is 0 Å². The maximum absolute atomic E-state index is 12.5. The summed E-state index contributed by atoms with van der Waals surface area (Å²) < 4.78 is 17.1. The number of aliphatic carboxylic acids is 2. The molecule has 1 aliphatic rings. The molecule has 0 bridgehead atoms. The van der Waals surface area contributed by atoms with Gasteiger partial charge in [0, 0.05) is 12.8 Å². The zero-order chi connectivity index (χ0) is 25.4. The van der Waals surface area contributed by atoms with Gasteiger partial charge in [0.15, 0.2) is 17.6 Å². The van der Waals surface area contributed by atoms with E-state index in [0.717, 1.165) is 19.3 Å². The molecular weight excluding hydrogens is 446 g/mol. The average molecular weight is 482 g/mol. The highest BCUT2D eigenvalue weighted by molar-refractivity contribution is 5.88. The second kappa shape index (κ2) is 12.0. The number of nitrogens with one attached hydrogen (secondary N) is 1. The van der Waals surface area contributed by atoms with E-state index in [4.69, 9.17) is 19.3 Å². The number of ether oxygens (including phenoxy) is 3. The van der Waals surface area contributed by atoms with Gasteiger partial charge in [0.1, 0.15) is 11.5 Å². The molecule has 4 unspecified atom stereocenters. The lowest BCUT2D eigenvalue weighted by Crippen LogP contribution is -2.56. The Bertz CT molecular complexity index is 843. The van der Waals surface area contributed by atoms with Gasteiger partial charge in [0.25, 0.3) is 0 Å². The van der Waals surface area contributed by atoms with Crippen LogP contribution in [0.1, 0.15) is 65.2 Å². The number of carbonyl (C=O) groups excluding carboxylic acids is 1. The van der Waals surface area contributed by atoms with Gasteiger partial charge in [-0.25, -0.2) is 10.1 Å². The van der Waals surface area contributed by atoms with Gasteiger partial charge in [-0.1, -0.05) is 26.7 Å². The van der Waals surface area contributed by atoms with Crippen molar-refractivity contribution in [2.45, 2.75) is 82.8 Å². The van der Waals surface area contributed by atoms with Gasteiger partial charge < -0.3 is 29.5 Å². The van der Waals surface area contributed by atoms with Gasteiger partial charge in [0.2, 0.25) is 0 Å². The average Bonchev–Trinajstić information content (AvgIpc) is 2.93. The quantitative estimate of drug-likeness (QED) is 0.199. The van der Waals surface area contributed by atoms with Crippen molar-refractivity contribution in [2.75, 3.05) is 7.11 Å². The van der Waals surface area contributed by atoms with Crippen LogP contribution in [0.2, 0.25) is 0 Å². The van der Waals surface area contributed by atoms with Crippen molar-refractivity contribution in [3.63, 3.8) is 0 Å². The lowest BCUT2D eigenvalue weighted by Gasteiger charge is -2.39. The van der Waals surface area contributed by atoms with Gasteiger partial charge in [0.05, 0.1) is 20.0 Å². The molecule has 10 heteroatoms. The third-order valence-electron chi connectivity index (χ3n) is 5.93. The van der Waals surface area contributed by atoms with Crippen LogP contribution in [0.25, 0.3) is 0 Å². The Morgan fingerprint density at radius 2 is 1.79 bits per heavy atom. The second-order valence-corrected chi connectivity index (χ2v) is 8.94. The highest BCUT2D eigenvalue weighted by atomic mass is 16.6. The Morgan fingerprint density at radius 1 is 1.15 bits per heavy atom. The Balaban J connectivity index is 2.19. The van der Waals surface area contributed by atoms with Crippen LogP contribution in [-0.4, -0.2) is 57.9 Å². The number of benzene rings is 1. The lowest BCUT2D eigenvalue weighted by atomic mass is 9.95. The molecule has 1 aromatic carbocycles. The predicted molar refractivity (Wildman–Crippen MR) is 121 cm³/mol. The minimum atomic E-state index is -2.75. The smallest absolute Gasteiger partial charge is 0.336 e. The molecule has 0 aromatic heterocycles. The van der Waals surface area contributed by atoms with Crippen LogP contribution in [-0.2, 0) is 19.1 Å². The monoisotopic (exact) mass is 481 g/mol. The van der Waals surface area contributed by atoms with Crippen molar-refractivity contribution >= 4 is 17.9 Å². The summed E-state index contributed by atoms with van der Waals surface area (Å²) in [6.45, 7) is 3.91. The van der Waals surface area contributed by atoms with Crippen molar-refractivity contribution < 1.29 is 43.9 Å². The third-order valence-corrected chi connectivity index (χ3v) is 5.93. The van der Waals surface area contributed by atoms with E-state index in [1.54, 1.807) is 38.3 Å². The molecule has 2 rings (SSSR count). The molecule has 190 valence electrons. The summed E-state index contributed by atoms with van der Waals surface area (Å²) in [5, 5.41) is 31.6. The highest BCUT2D eigenvalue weighted by Gasteiger charge is 2.43. The molecule has 0 radical (unpaired) electrons. The van der Waals surface area contributed by atoms with Gasteiger partial charge in [-0.3, -0.25) is 9.59 Å². The van der Waals surface area contributed by atoms with E-state index in [1.807, 2.05) is 0 Å². The van der Waals surface area contributed by atoms with Crippen LogP contribution in [0.4, 0.5) is 0 Å². The standard InChI is InChI=1S/C24H35NO9/c1-4-19(33-21(28)15-23(31,22(29)30)14-20(26)27)25-24(12-6-5-7-16(2)13-24)34-18-10-8-17(32-3)9-11-18/h8-11,16,19,25,31H,4-7,12-15H2,1-3H3,(H,26,27)(H,29,30). The van der Waals surface area contributed by atoms with Crippen LogP contribution in [0.3, 0.4) is 0 Å². The van der Waals surface area contributed by atoms with Crippen LogP contribution < -0.4 is 14.8 Å². The molecule has 4 N–H and O–H groups in total. The van der Waals surface area contributed by atoms with E-state index in [9.17, 15) is 24.6 Å². The van der Waals surface area contributed by atoms with Crippen LogP contribution in [0.5, 0.6) is 11.5 Å². The number of carbonyl (C=O) groups is 3. The zero-order valence-corrected chi connectivity index (χ0v) is 19.9. The summed E-state index contributed by atoms with van der Waals surface area (Å²) in [5.74, 6) is -2.71. The molecule has 0 heterocycles. The zero-order valence-electron chi connectivity index (χ0n) is 19.9. The number of aliphatic hydroxyl groups is 1. The first-order chi connectivity index (χ1) is 16.0. The topological polar surface area (TPSA) is 152 Å². The summed E-state index contributed by atoms with van der Waals surface area (Å²) in [7, 11) is 1.58. The van der Waals surface area contributed by atoms with Gasteiger partial charge >= 0.3 is 17.9 Å².